The van der Waals surface area contributed by atoms with Crippen LogP contribution in [0.15, 0.2) is 12.1 Å². The molecule has 0 saturated carbocycles. The second kappa shape index (κ2) is 5.63. The fraction of sp³-hybridized carbons (Fsp3) is 0.333. The summed E-state index contributed by atoms with van der Waals surface area (Å²) in [7, 11) is 0. The molecule has 2 rings (SSSR count). The van der Waals surface area contributed by atoms with Gasteiger partial charge in [-0.2, -0.15) is 0 Å². The van der Waals surface area contributed by atoms with Crippen molar-refractivity contribution >= 4 is 34.7 Å². The lowest BCUT2D eigenvalue weighted by Gasteiger charge is -2.05. The zero-order chi connectivity index (χ0) is 14.0. The van der Waals surface area contributed by atoms with E-state index >= 15 is 0 Å². The Labute approximate surface area is 120 Å². The lowest BCUT2D eigenvalue weighted by Crippen LogP contribution is -2.10. The first-order valence-electron chi connectivity index (χ1n) is 5.76. The molecule has 2 aromatic heterocycles. The smallest absolute Gasteiger partial charge is 0.360 e. The van der Waals surface area contributed by atoms with Crippen LogP contribution in [0.4, 0.5) is 5.82 Å². The third kappa shape index (κ3) is 2.90. The molecule has 5 nitrogen and oxygen atoms in total. The van der Waals surface area contributed by atoms with E-state index in [-0.39, 0.29) is 5.69 Å². The molecule has 102 valence electrons. The predicted molar refractivity (Wildman–Crippen MR) is 75.8 cm³/mol. The monoisotopic (exact) mass is 299 g/mol. The first-order chi connectivity index (χ1) is 9.02. The number of thiophene rings is 1. The summed E-state index contributed by atoms with van der Waals surface area (Å²) in [5, 5.41) is 0. The van der Waals surface area contributed by atoms with E-state index in [1.807, 2.05) is 12.1 Å². The van der Waals surface area contributed by atoms with Gasteiger partial charge in [-0.1, -0.05) is 11.6 Å². The van der Waals surface area contributed by atoms with Gasteiger partial charge in [0.2, 0.25) is 0 Å². The first kappa shape index (κ1) is 13.9. The average Bonchev–Trinajstić information content (AvgIpc) is 2.88. The number of nitrogen functional groups attached to an aromatic ring is 1. The maximum absolute atomic E-state index is 11.7. The van der Waals surface area contributed by atoms with E-state index in [0.29, 0.717) is 24.8 Å². The van der Waals surface area contributed by atoms with Gasteiger partial charge in [-0.3, -0.25) is 0 Å². The number of nitrogens with two attached hydrogens (primary N) is 1. The lowest BCUT2D eigenvalue weighted by molar-refractivity contribution is 0.0521. The maximum Gasteiger partial charge on any atom is 0.360 e. The summed E-state index contributed by atoms with van der Waals surface area (Å²) in [5.74, 6) is 0.497. The molecule has 0 atom stereocenters. The molecule has 7 heteroatoms. The third-order valence-corrected chi connectivity index (χ3v) is 3.83. The summed E-state index contributed by atoms with van der Waals surface area (Å²) in [5.41, 5.74) is 6.13. The van der Waals surface area contributed by atoms with Crippen LogP contribution in [-0.4, -0.2) is 22.1 Å². The van der Waals surface area contributed by atoms with Crippen LogP contribution in [-0.2, 0) is 11.3 Å². The summed E-state index contributed by atoms with van der Waals surface area (Å²) in [6.45, 7) is 4.38. The number of aryl methyl sites for hydroxylation is 1. The van der Waals surface area contributed by atoms with Crippen molar-refractivity contribution < 1.29 is 9.53 Å². The van der Waals surface area contributed by atoms with Crippen LogP contribution in [0.25, 0.3) is 0 Å². The molecule has 0 aliphatic heterocycles. The Morgan fingerprint density at radius 2 is 2.32 bits per heavy atom. The summed E-state index contributed by atoms with van der Waals surface area (Å²) in [6, 6.07) is 3.76. The fourth-order valence-electron chi connectivity index (χ4n) is 1.72. The standard InChI is InChI=1S/C12H14ClN3O2S/c1-3-18-12(17)10-11(14)16(7(2)15-10)6-8-4-5-9(13)19-8/h4-5H,3,6,14H2,1-2H3. The number of nitrogens with zero attached hydrogens (tertiary/aromatic N) is 2. The second-order valence-corrected chi connectivity index (χ2v) is 5.70. The molecule has 0 saturated heterocycles. The second-order valence-electron chi connectivity index (χ2n) is 3.91. The van der Waals surface area contributed by atoms with Crippen molar-refractivity contribution in [2.45, 2.75) is 20.4 Å². The van der Waals surface area contributed by atoms with Crippen LogP contribution in [0.1, 0.15) is 28.1 Å². The average molecular weight is 300 g/mol. The highest BCUT2D eigenvalue weighted by Gasteiger charge is 2.19. The predicted octanol–water partition coefficient (Wildman–Crippen LogP) is 2.71. The molecule has 2 N–H and O–H groups in total. The Kier molecular flexibility index (Phi) is 4.11. The molecule has 0 unspecified atom stereocenters. The molecular formula is C12H14ClN3O2S. The molecule has 2 heterocycles. The van der Waals surface area contributed by atoms with Gasteiger partial charge in [-0.15, -0.1) is 11.3 Å². The van der Waals surface area contributed by atoms with Crippen LogP contribution in [0.3, 0.4) is 0 Å². The Morgan fingerprint density at radius 3 is 2.89 bits per heavy atom. The van der Waals surface area contributed by atoms with Gasteiger partial charge in [0.15, 0.2) is 5.69 Å². The van der Waals surface area contributed by atoms with E-state index in [1.54, 1.807) is 18.4 Å². The van der Waals surface area contributed by atoms with Gasteiger partial charge in [0, 0.05) is 4.88 Å². The van der Waals surface area contributed by atoms with E-state index in [1.165, 1.54) is 11.3 Å². The Hall–Kier alpha value is -1.53. The van der Waals surface area contributed by atoms with Crippen molar-refractivity contribution in [2.75, 3.05) is 12.3 Å². The minimum absolute atomic E-state index is 0.169. The van der Waals surface area contributed by atoms with Gasteiger partial charge >= 0.3 is 5.97 Å². The number of imidazole rings is 1. The Bertz CT molecular complexity index is 606. The van der Waals surface area contributed by atoms with E-state index in [4.69, 9.17) is 22.1 Å². The van der Waals surface area contributed by atoms with Crippen molar-refractivity contribution in [3.8, 4) is 0 Å². The summed E-state index contributed by atoms with van der Waals surface area (Å²) >= 11 is 7.36. The highest BCUT2D eigenvalue weighted by molar-refractivity contribution is 7.16. The first-order valence-corrected chi connectivity index (χ1v) is 6.96. The van der Waals surface area contributed by atoms with Crippen LogP contribution in [0.5, 0.6) is 0 Å². The third-order valence-electron chi connectivity index (χ3n) is 2.61. The number of rotatable bonds is 4. The zero-order valence-electron chi connectivity index (χ0n) is 10.6. The summed E-state index contributed by atoms with van der Waals surface area (Å²) < 4.78 is 7.41. The van der Waals surface area contributed by atoms with Gasteiger partial charge in [-0.05, 0) is 26.0 Å². The number of halogens is 1. The van der Waals surface area contributed by atoms with Crippen molar-refractivity contribution in [1.82, 2.24) is 9.55 Å². The Morgan fingerprint density at radius 1 is 1.58 bits per heavy atom. The molecule has 19 heavy (non-hydrogen) atoms. The zero-order valence-corrected chi connectivity index (χ0v) is 12.2. The van der Waals surface area contributed by atoms with E-state index in [2.05, 4.69) is 4.98 Å². The molecule has 2 aromatic rings. The molecule has 0 spiro atoms. The number of carbonyl (C=O) groups excluding carboxylic acids is 1. The molecule has 0 aliphatic carbocycles. The lowest BCUT2D eigenvalue weighted by atomic mass is 10.4. The minimum Gasteiger partial charge on any atom is -0.461 e. The Balaban J connectivity index is 2.29. The highest BCUT2D eigenvalue weighted by Crippen LogP contribution is 2.24. The van der Waals surface area contributed by atoms with Crippen molar-refractivity contribution in [2.24, 2.45) is 0 Å². The minimum atomic E-state index is -0.494. The number of ether oxygens (including phenoxy) is 1. The van der Waals surface area contributed by atoms with Gasteiger partial charge in [-0.25, -0.2) is 9.78 Å². The van der Waals surface area contributed by atoms with Crippen LogP contribution in [0, 0.1) is 6.92 Å². The van der Waals surface area contributed by atoms with Gasteiger partial charge in [0.1, 0.15) is 11.6 Å². The quantitative estimate of drug-likeness (QED) is 0.881. The largest absolute Gasteiger partial charge is 0.461 e. The highest BCUT2D eigenvalue weighted by atomic mass is 35.5. The van der Waals surface area contributed by atoms with Crippen LogP contribution >= 0.6 is 22.9 Å². The normalized spacial score (nSPS) is 10.7. The molecule has 0 aliphatic rings. The number of aromatic nitrogens is 2. The summed E-state index contributed by atoms with van der Waals surface area (Å²) in [4.78, 5) is 16.9. The number of esters is 1. The maximum atomic E-state index is 11.7. The molecule has 0 bridgehead atoms. The van der Waals surface area contributed by atoms with Crippen LogP contribution in [0.2, 0.25) is 4.34 Å². The fourth-order valence-corrected chi connectivity index (χ4v) is 2.80. The molecule has 0 amide bonds. The van der Waals surface area contributed by atoms with Crippen molar-refractivity contribution in [3.05, 3.63) is 32.9 Å². The molecule has 0 aromatic carbocycles. The van der Waals surface area contributed by atoms with Gasteiger partial charge < -0.3 is 15.0 Å². The topological polar surface area (TPSA) is 70.1 Å². The van der Waals surface area contributed by atoms with Crippen molar-refractivity contribution in [1.29, 1.82) is 0 Å². The van der Waals surface area contributed by atoms with Crippen molar-refractivity contribution in [3.63, 3.8) is 0 Å². The SMILES string of the molecule is CCOC(=O)c1nc(C)n(Cc2ccc(Cl)s2)c1N. The van der Waals surface area contributed by atoms with Crippen LogP contribution < -0.4 is 5.73 Å². The summed E-state index contributed by atoms with van der Waals surface area (Å²) in [6.07, 6.45) is 0. The van der Waals surface area contributed by atoms with E-state index < -0.39 is 5.97 Å². The number of hydrogen-bond acceptors (Lipinski definition) is 5. The number of hydrogen-bond donors (Lipinski definition) is 1. The number of anilines is 1. The molecule has 0 fully saturated rings. The van der Waals surface area contributed by atoms with E-state index in [9.17, 15) is 4.79 Å². The molecular weight excluding hydrogens is 286 g/mol. The van der Waals surface area contributed by atoms with Gasteiger partial charge in [0.25, 0.3) is 0 Å². The van der Waals surface area contributed by atoms with Gasteiger partial charge in [0.05, 0.1) is 17.5 Å². The number of carbonyl (C=O) groups is 1. The van der Waals surface area contributed by atoms with E-state index in [0.717, 1.165) is 9.21 Å². The molecule has 0 radical (unpaired) electrons.